The second-order valence-electron chi connectivity index (χ2n) is 10.8. The SMILES string of the molecule is CCCCCCCCCC(=O)Oc1cc(C(O)CNC(C)(C)C)ccc1OC(=O)C(C)(C)C.Cl. The number of nitrogens with one attached hydrogen (secondary N) is 1. The number of β-amino-alcohol motifs (C(OH)–C–C–N with tert-alkyl or cyclic N) is 1. The van der Waals surface area contributed by atoms with E-state index in [1.54, 1.807) is 39.0 Å². The van der Waals surface area contributed by atoms with E-state index < -0.39 is 17.5 Å². The van der Waals surface area contributed by atoms with Gasteiger partial charge in [0.25, 0.3) is 0 Å². The summed E-state index contributed by atoms with van der Waals surface area (Å²) in [6.07, 6.45) is 7.28. The van der Waals surface area contributed by atoms with Gasteiger partial charge in [0, 0.05) is 18.5 Å². The topological polar surface area (TPSA) is 84.9 Å². The van der Waals surface area contributed by atoms with Crippen molar-refractivity contribution >= 4 is 24.3 Å². The lowest BCUT2D eigenvalue weighted by molar-refractivity contribution is -0.143. The van der Waals surface area contributed by atoms with Gasteiger partial charge in [-0.25, -0.2) is 0 Å². The Balaban J connectivity index is 0.0000109. The summed E-state index contributed by atoms with van der Waals surface area (Å²) in [6.45, 7) is 13.9. The van der Waals surface area contributed by atoms with Crippen LogP contribution in [-0.2, 0) is 9.59 Å². The minimum Gasteiger partial charge on any atom is -0.423 e. The third kappa shape index (κ3) is 13.3. The molecule has 0 aliphatic heterocycles. The van der Waals surface area contributed by atoms with Crippen molar-refractivity contribution in [1.29, 1.82) is 0 Å². The van der Waals surface area contributed by atoms with Gasteiger partial charge in [0.05, 0.1) is 11.5 Å². The normalized spacial score (nSPS) is 12.6. The molecule has 2 N–H and O–H groups in total. The Morgan fingerprint density at radius 3 is 2.06 bits per heavy atom. The van der Waals surface area contributed by atoms with Crippen molar-refractivity contribution < 1.29 is 24.2 Å². The van der Waals surface area contributed by atoms with Crippen molar-refractivity contribution in [1.82, 2.24) is 5.32 Å². The second-order valence-corrected chi connectivity index (χ2v) is 10.8. The standard InChI is InChI=1S/C27H45NO5.ClH/c1-8-9-10-11-12-13-14-15-24(30)32-23-18-20(21(29)19-28-27(5,6)7)16-17-22(23)33-25(31)26(2,3)4;/h16-18,21,28-29H,8-15,19H2,1-7H3;1H. The van der Waals surface area contributed by atoms with Crippen molar-refractivity contribution in [2.45, 2.75) is 111 Å². The van der Waals surface area contributed by atoms with Gasteiger partial charge in [-0.05, 0) is 65.7 Å². The predicted octanol–water partition coefficient (Wildman–Crippen LogP) is 6.53. The van der Waals surface area contributed by atoms with Crippen LogP contribution in [0.4, 0.5) is 0 Å². The number of halogens is 1. The molecule has 1 rings (SSSR count). The molecule has 0 aliphatic rings. The molecule has 0 saturated carbocycles. The molecule has 0 heterocycles. The van der Waals surface area contributed by atoms with Gasteiger partial charge in [-0.3, -0.25) is 9.59 Å². The number of benzene rings is 1. The third-order valence-corrected chi connectivity index (χ3v) is 5.20. The Kier molecular flexibility index (Phi) is 14.6. The maximum absolute atomic E-state index is 12.5. The molecule has 0 aliphatic carbocycles. The zero-order valence-electron chi connectivity index (χ0n) is 22.2. The van der Waals surface area contributed by atoms with Gasteiger partial charge in [-0.1, -0.05) is 51.5 Å². The Bertz CT molecular complexity index is 752. The number of aliphatic hydroxyl groups is 1. The Morgan fingerprint density at radius 2 is 1.50 bits per heavy atom. The number of hydrogen-bond acceptors (Lipinski definition) is 6. The molecule has 1 aromatic rings. The fraction of sp³-hybridized carbons (Fsp3) is 0.704. The molecule has 0 saturated heterocycles. The smallest absolute Gasteiger partial charge is 0.316 e. The van der Waals surface area contributed by atoms with E-state index in [1.165, 1.54) is 25.7 Å². The maximum atomic E-state index is 12.5. The molecule has 7 heteroatoms. The largest absolute Gasteiger partial charge is 0.423 e. The number of carbonyl (C=O) groups is 2. The third-order valence-electron chi connectivity index (χ3n) is 5.20. The molecule has 0 fully saturated rings. The van der Waals surface area contributed by atoms with E-state index >= 15 is 0 Å². The molecular formula is C27H46ClNO5. The van der Waals surface area contributed by atoms with E-state index in [0.29, 0.717) is 18.5 Å². The van der Waals surface area contributed by atoms with Crippen molar-refractivity contribution in [2.75, 3.05) is 6.54 Å². The zero-order valence-corrected chi connectivity index (χ0v) is 23.0. The van der Waals surface area contributed by atoms with E-state index in [0.717, 1.165) is 19.3 Å². The first kappa shape index (κ1) is 32.4. The van der Waals surface area contributed by atoms with Crippen molar-refractivity contribution in [3.8, 4) is 11.5 Å². The molecule has 1 unspecified atom stereocenters. The number of ether oxygens (including phenoxy) is 2. The van der Waals surface area contributed by atoms with E-state index in [2.05, 4.69) is 12.2 Å². The molecule has 196 valence electrons. The van der Waals surface area contributed by atoms with Gasteiger partial charge >= 0.3 is 11.9 Å². The highest BCUT2D eigenvalue weighted by Crippen LogP contribution is 2.33. The molecule has 1 atom stereocenters. The molecule has 1 aromatic carbocycles. The van der Waals surface area contributed by atoms with Gasteiger partial charge in [0.1, 0.15) is 0 Å². The summed E-state index contributed by atoms with van der Waals surface area (Å²) in [5.74, 6) is -0.443. The Hall–Kier alpha value is -1.63. The summed E-state index contributed by atoms with van der Waals surface area (Å²) in [7, 11) is 0. The summed E-state index contributed by atoms with van der Waals surface area (Å²) < 4.78 is 11.1. The van der Waals surface area contributed by atoms with Crippen molar-refractivity contribution in [3.63, 3.8) is 0 Å². The number of aliphatic hydroxyl groups excluding tert-OH is 1. The van der Waals surface area contributed by atoms with Gasteiger partial charge in [-0.2, -0.15) is 0 Å². The van der Waals surface area contributed by atoms with Crippen LogP contribution in [0.15, 0.2) is 18.2 Å². The average Bonchev–Trinajstić information content (AvgIpc) is 2.71. The quantitative estimate of drug-likeness (QED) is 0.182. The van der Waals surface area contributed by atoms with E-state index in [1.807, 2.05) is 20.8 Å². The Labute approximate surface area is 212 Å². The molecule has 34 heavy (non-hydrogen) atoms. The lowest BCUT2D eigenvalue weighted by atomic mass is 9.97. The maximum Gasteiger partial charge on any atom is 0.316 e. The average molecular weight is 500 g/mol. The molecule has 0 spiro atoms. The van der Waals surface area contributed by atoms with Gasteiger partial charge < -0.3 is 19.9 Å². The molecule has 0 radical (unpaired) electrons. The van der Waals surface area contributed by atoms with E-state index in [9.17, 15) is 14.7 Å². The van der Waals surface area contributed by atoms with Gasteiger partial charge in [0.15, 0.2) is 11.5 Å². The second kappa shape index (κ2) is 15.4. The van der Waals surface area contributed by atoms with Gasteiger partial charge in [-0.15, -0.1) is 12.4 Å². The van der Waals surface area contributed by atoms with Crippen LogP contribution in [0.2, 0.25) is 0 Å². The van der Waals surface area contributed by atoms with Crippen molar-refractivity contribution in [3.05, 3.63) is 23.8 Å². The highest BCUT2D eigenvalue weighted by Gasteiger charge is 2.26. The minimum absolute atomic E-state index is 0. The predicted molar refractivity (Wildman–Crippen MR) is 140 cm³/mol. The van der Waals surface area contributed by atoms with Crippen LogP contribution in [0.3, 0.4) is 0 Å². The highest BCUT2D eigenvalue weighted by atomic mass is 35.5. The molecule has 0 bridgehead atoms. The van der Waals surface area contributed by atoms with Crippen molar-refractivity contribution in [2.24, 2.45) is 5.41 Å². The number of rotatable bonds is 13. The minimum atomic E-state index is -0.794. The Morgan fingerprint density at radius 1 is 0.912 bits per heavy atom. The fourth-order valence-electron chi connectivity index (χ4n) is 3.07. The van der Waals surface area contributed by atoms with Crippen LogP contribution in [0.25, 0.3) is 0 Å². The highest BCUT2D eigenvalue weighted by molar-refractivity contribution is 5.85. The van der Waals surface area contributed by atoms with Crippen LogP contribution in [0.1, 0.15) is 112 Å². The first-order valence-corrected chi connectivity index (χ1v) is 12.3. The summed E-state index contributed by atoms with van der Waals surface area (Å²) in [4.78, 5) is 24.9. The van der Waals surface area contributed by atoms with E-state index in [4.69, 9.17) is 9.47 Å². The zero-order chi connectivity index (χ0) is 25.1. The number of unbranched alkanes of at least 4 members (excludes halogenated alkanes) is 6. The number of esters is 2. The van der Waals surface area contributed by atoms with Gasteiger partial charge in [0.2, 0.25) is 0 Å². The first-order valence-electron chi connectivity index (χ1n) is 12.3. The molecule has 0 amide bonds. The fourth-order valence-corrected chi connectivity index (χ4v) is 3.07. The lowest BCUT2D eigenvalue weighted by Crippen LogP contribution is -2.38. The summed E-state index contributed by atoms with van der Waals surface area (Å²) in [5.41, 5.74) is -0.260. The van der Waals surface area contributed by atoms with Crippen LogP contribution >= 0.6 is 12.4 Å². The van der Waals surface area contributed by atoms with Crippen LogP contribution in [0, 0.1) is 5.41 Å². The number of carbonyl (C=O) groups excluding carboxylic acids is 2. The summed E-state index contributed by atoms with van der Waals surface area (Å²) in [5, 5.41) is 13.9. The summed E-state index contributed by atoms with van der Waals surface area (Å²) >= 11 is 0. The first-order chi connectivity index (χ1) is 15.3. The van der Waals surface area contributed by atoms with Crippen LogP contribution in [-0.4, -0.2) is 29.1 Å². The lowest BCUT2D eigenvalue weighted by Gasteiger charge is -2.23. The molecule has 6 nitrogen and oxygen atoms in total. The van der Waals surface area contributed by atoms with E-state index in [-0.39, 0.29) is 35.4 Å². The molecular weight excluding hydrogens is 454 g/mol. The monoisotopic (exact) mass is 499 g/mol. The van der Waals surface area contributed by atoms with Crippen LogP contribution in [0.5, 0.6) is 11.5 Å². The number of hydrogen-bond donors (Lipinski definition) is 2. The van der Waals surface area contributed by atoms with Crippen LogP contribution < -0.4 is 14.8 Å². The summed E-state index contributed by atoms with van der Waals surface area (Å²) in [6, 6.07) is 4.85. The molecule has 0 aromatic heterocycles.